The van der Waals surface area contributed by atoms with Crippen molar-refractivity contribution in [1.29, 1.82) is 0 Å². The third-order valence-electron chi connectivity index (χ3n) is 2.18. The van der Waals surface area contributed by atoms with Crippen LogP contribution in [0.3, 0.4) is 0 Å². The number of pyridine rings is 1. The minimum Gasteiger partial charge on any atom is -0.395 e. The van der Waals surface area contributed by atoms with E-state index in [-0.39, 0.29) is 11.7 Å². The quantitative estimate of drug-likeness (QED) is 0.725. The van der Waals surface area contributed by atoms with Gasteiger partial charge in [0, 0.05) is 12.2 Å². The summed E-state index contributed by atoms with van der Waals surface area (Å²) in [4.78, 5) is 3.54. The van der Waals surface area contributed by atoms with Gasteiger partial charge in [-0.2, -0.15) is 4.39 Å². The monoisotopic (exact) mass is 197 g/mol. The van der Waals surface area contributed by atoms with E-state index in [2.05, 4.69) is 11.9 Å². The number of hydrogen-bond donors (Lipinski definition) is 2. The Kier molecular flexibility index (Phi) is 3.83. The highest BCUT2D eigenvalue weighted by Gasteiger charge is 2.08. The normalized spacial score (nSPS) is 12.8. The smallest absolute Gasteiger partial charge is 0.236 e. The molecular formula is C10H16FN3. The molecule has 0 unspecified atom stereocenters. The molecule has 0 amide bonds. The molecule has 0 spiro atoms. The summed E-state index contributed by atoms with van der Waals surface area (Å²) in [5.41, 5.74) is 12.1. The van der Waals surface area contributed by atoms with Crippen LogP contribution >= 0.6 is 0 Å². The molecule has 0 aliphatic rings. The van der Waals surface area contributed by atoms with Crippen molar-refractivity contribution >= 4 is 5.69 Å². The van der Waals surface area contributed by atoms with Crippen molar-refractivity contribution in [3.8, 4) is 0 Å². The van der Waals surface area contributed by atoms with Gasteiger partial charge in [-0.05, 0) is 18.1 Å². The highest BCUT2D eigenvalue weighted by Crippen LogP contribution is 2.18. The van der Waals surface area contributed by atoms with E-state index in [4.69, 9.17) is 11.5 Å². The molecule has 1 heterocycles. The first-order chi connectivity index (χ1) is 6.65. The van der Waals surface area contributed by atoms with E-state index < -0.39 is 5.95 Å². The summed E-state index contributed by atoms with van der Waals surface area (Å²) in [5.74, 6) is -0.628. The van der Waals surface area contributed by atoms with Crippen molar-refractivity contribution in [2.24, 2.45) is 5.73 Å². The zero-order valence-electron chi connectivity index (χ0n) is 8.33. The summed E-state index contributed by atoms with van der Waals surface area (Å²) in [6.45, 7) is 2.10. The Hall–Kier alpha value is -1.16. The van der Waals surface area contributed by atoms with Gasteiger partial charge in [0.25, 0.3) is 0 Å². The molecule has 4 heteroatoms. The van der Waals surface area contributed by atoms with Gasteiger partial charge in [-0.25, -0.2) is 4.98 Å². The second-order valence-electron chi connectivity index (χ2n) is 3.40. The van der Waals surface area contributed by atoms with Crippen molar-refractivity contribution in [3.63, 3.8) is 0 Å². The predicted octanol–water partition coefficient (Wildman–Crippen LogP) is 1.99. The number of anilines is 1. The first kappa shape index (κ1) is 10.9. The lowest BCUT2D eigenvalue weighted by Gasteiger charge is -2.11. The Morgan fingerprint density at radius 2 is 2.29 bits per heavy atom. The minimum atomic E-state index is -0.628. The zero-order chi connectivity index (χ0) is 10.6. The second kappa shape index (κ2) is 4.91. The number of rotatable bonds is 4. The predicted molar refractivity (Wildman–Crippen MR) is 55.1 cm³/mol. The Morgan fingerprint density at radius 3 is 2.86 bits per heavy atom. The number of nitrogen functional groups attached to an aromatic ring is 1. The van der Waals surface area contributed by atoms with Crippen LogP contribution in [0.5, 0.6) is 0 Å². The van der Waals surface area contributed by atoms with Crippen LogP contribution < -0.4 is 11.5 Å². The summed E-state index contributed by atoms with van der Waals surface area (Å²) < 4.78 is 12.7. The van der Waals surface area contributed by atoms with Crippen LogP contribution in [0.25, 0.3) is 0 Å². The summed E-state index contributed by atoms with van der Waals surface area (Å²) in [6.07, 6.45) is 4.48. The first-order valence-electron chi connectivity index (χ1n) is 4.81. The highest BCUT2D eigenvalue weighted by atomic mass is 19.1. The number of nitrogens with zero attached hydrogens (tertiary/aromatic N) is 1. The molecule has 1 aromatic rings. The van der Waals surface area contributed by atoms with Gasteiger partial charge in [0.2, 0.25) is 5.95 Å². The third kappa shape index (κ3) is 2.67. The fourth-order valence-corrected chi connectivity index (χ4v) is 1.28. The van der Waals surface area contributed by atoms with E-state index in [0.29, 0.717) is 0 Å². The minimum absolute atomic E-state index is 0.0643. The van der Waals surface area contributed by atoms with Crippen molar-refractivity contribution in [3.05, 3.63) is 23.8 Å². The van der Waals surface area contributed by atoms with Gasteiger partial charge >= 0.3 is 0 Å². The van der Waals surface area contributed by atoms with E-state index >= 15 is 0 Å². The molecule has 0 aliphatic carbocycles. The van der Waals surface area contributed by atoms with Crippen molar-refractivity contribution in [2.75, 3.05) is 5.73 Å². The molecule has 78 valence electrons. The van der Waals surface area contributed by atoms with Crippen LogP contribution in [0, 0.1) is 5.95 Å². The molecule has 1 atom stereocenters. The lowest BCUT2D eigenvalue weighted by Crippen LogP contribution is -2.11. The zero-order valence-corrected chi connectivity index (χ0v) is 8.33. The lowest BCUT2D eigenvalue weighted by molar-refractivity contribution is 0.574. The molecule has 0 bridgehead atoms. The van der Waals surface area contributed by atoms with E-state index in [1.807, 2.05) is 0 Å². The molecule has 3 nitrogen and oxygen atoms in total. The number of hydrogen-bond acceptors (Lipinski definition) is 3. The van der Waals surface area contributed by atoms with Gasteiger partial charge in [0.1, 0.15) is 0 Å². The van der Waals surface area contributed by atoms with E-state index in [9.17, 15) is 4.39 Å². The van der Waals surface area contributed by atoms with Crippen LogP contribution in [0.15, 0.2) is 12.3 Å². The Morgan fingerprint density at radius 1 is 1.57 bits per heavy atom. The fourth-order valence-electron chi connectivity index (χ4n) is 1.28. The molecule has 0 saturated heterocycles. The molecule has 0 fully saturated rings. The van der Waals surface area contributed by atoms with E-state index in [1.165, 1.54) is 6.20 Å². The molecule has 1 rings (SSSR count). The third-order valence-corrected chi connectivity index (χ3v) is 2.18. The van der Waals surface area contributed by atoms with Gasteiger partial charge in [0.05, 0.1) is 5.69 Å². The van der Waals surface area contributed by atoms with Crippen molar-refractivity contribution in [2.45, 2.75) is 32.2 Å². The maximum Gasteiger partial charge on any atom is 0.236 e. The molecule has 1 aromatic heterocycles. The van der Waals surface area contributed by atoms with E-state index in [0.717, 1.165) is 24.8 Å². The lowest BCUT2D eigenvalue weighted by atomic mass is 10.0. The summed E-state index contributed by atoms with van der Waals surface area (Å²) in [6, 6.07) is 1.47. The van der Waals surface area contributed by atoms with Gasteiger partial charge in [0.15, 0.2) is 0 Å². The number of halogens is 1. The fraction of sp³-hybridized carbons (Fsp3) is 0.500. The van der Waals surface area contributed by atoms with Crippen LogP contribution in [0.1, 0.15) is 37.8 Å². The Balaban J connectivity index is 2.70. The molecule has 14 heavy (non-hydrogen) atoms. The second-order valence-corrected chi connectivity index (χ2v) is 3.40. The maximum atomic E-state index is 12.7. The molecule has 0 aliphatic heterocycles. The van der Waals surface area contributed by atoms with Crippen LogP contribution in [-0.2, 0) is 0 Å². The maximum absolute atomic E-state index is 12.7. The van der Waals surface area contributed by atoms with Gasteiger partial charge in [-0.1, -0.05) is 19.8 Å². The van der Waals surface area contributed by atoms with Crippen LogP contribution in [0.2, 0.25) is 0 Å². The summed E-state index contributed by atoms with van der Waals surface area (Å²) in [7, 11) is 0. The molecule has 0 radical (unpaired) electrons. The molecule has 0 saturated carbocycles. The molecule has 4 N–H and O–H groups in total. The summed E-state index contributed by atoms with van der Waals surface area (Å²) in [5, 5.41) is 0. The number of nitrogens with two attached hydrogens (primary N) is 2. The van der Waals surface area contributed by atoms with Gasteiger partial charge < -0.3 is 11.5 Å². The SMILES string of the molecule is CCCC[C@@H](N)c1cnc(F)c(N)c1. The van der Waals surface area contributed by atoms with Crippen LogP contribution in [-0.4, -0.2) is 4.98 Å². The summed E-state index contributed by atoms with van der Waals surface area (Å²) >= 11 is 0. The first-order valence-corrected chi connectivity index (χ1v) is 4.81. The van der Waals surface area contributed by atoms with Gasteiger partial charge in [-0.3, -0.25) is 0 Å². The number of aromatic nitrogens is 1. The average molecular weight is 197 g/mol. The molecule has 0 aromatic carbocycles. The van der Waals surface area contributed by atoms with E-state index in [1.54, 1.807) is 6.07 Å². The highest BCUT2D eigenvalue weighted by molar-refractivity contribution is 5.39. The number of unbranched alkanes of at least 4 members (excludes halogenated alkanes) is 1. The Bertz CT molecular complexity index is 301. The molecular weight excluding hydrogens is 181 g/mol. The average Bonchev–Trinajstić information content (AvgIpc) is 2.18. The Labute approximate surface area is 83.3 Å². The van der Waals surface area contributed by atoms with Crippen LogP contribution in [0.4, 0.5) is 10.1 Å². The van der Waals surface area contributed by atoms with Gasteiger partial charge in [-0.15, -0.1) is 0 Å². The van der Waals surface area contributed by atoms with Crippen molar-refractivity contribution in [1.82, 2.24) is 4.98 Å². The van der Waals surface area contributed by atoms with Crippen molar-refractivity contribution < 1.29 is 4.39 Å². The largest absolute Gasteiger partial charge is 0.395 e. The topological polar surface area (TPSA) is 64.9 Å². The standard InChI is InChI=1S/C10H16FN3/c1-2-3-4-8(12)7-5-9(13)10(11)14-6-7/h5-6,8H,2-4,12-13H2,1H3/t8-/m1/s1.